The van der Waals surface area contributed by atoms with E-state index in [1.165, 1.54) is 22.1 Å². The number of H-pyrrole nitrogens is 1. The van der Waals surface area contributed by atoms with Crippen LogP contribution in [0, 0.1) is 0 Å². The molecule has 0 aliphatic rings. The average Bonchev–Trinajstić information content (AvgIpc) is 2.84. The molecule has 9 heteroatoms. The Bertz CT molecular complexity index is 1270. The van der Waals surface area contributed by atoms with Crippen LogP contribution in [0.3, 0.4) is 0 Å². The molecule has 1 amide bonds. The van der Waals surface area contributed by atoms with Gasteiger partial charge in [0.05, 0.1) is 26.2 Å². The highest BCUT2D eigenvalue weighted by Gasteiger charge is 2.24. The van der Waals surface area contributed by atoms with Crippen LogP contribution >= 0.6 is 0 Å². The molecule has 3 aromatic rings. The zero-order valence-corrected chi connectivity index (χ0v) is 21.2. The molecule has 0 aliphatic carbocycles. The summed E-state index contributed by atoms with van der Waals surface area (Å²) < 4.78 is 12.1. The molecule has 0 saturated carbocycles. The summed E-state index contributed by atoms with van der Waals surface area (Å²) in [5.41, 5.74) is 6.86. The van der Waals surface area contributed by atoms with Crippen LogP contribution in [0.5, 0.6) is 5.75 Å². The Hall–Kier alpha value is -3.85. The Morgan fingerprint density at radius 2 is 1.69 bits per heavy atom. The van der Waals surface area contributed by atoms with Crippen LogP contribution in [0.4, 0.5) is 11.5 Å². The largest absolute Gasteiger partial charge is 0.493 e. The first-order chi connectivity index (χ1) is 17.1. The minimum atomic E-state index is -0.732. The molecule has 0 atom stereocenters. The van der Waals surface area contributed by atoms with Crippen LogP contribution in [0.25, 0.3) is 0 Å². The Morgan fingerprint density at radius 1 is 1.03 bits per heavy atom. The first-order valence-electron chi connectivity index (χ1n) is 11.8. The third kappa shape index (κ3) is 6.63. The standard InChI is InChI=1S/C27H34N4O5/c1-27(2,3)20-10-12-21(13-11-20)36-16-14-22(32)30(15-17-35-4)23-24(28)31(26(34)29-25(23)33)18-19-8-6-5-7-9-19/h5-13H,14-18,28H2,1-4H3,(H,29,33,34). The molecule has 3 rings (SSSR count). The first kappa shape index (κ1) is 26.7. The zero-order chi connectivity index (χ0) is 26.3. The van der Waals surface area contributed by atoms with Gasteiger partial charge in [0.15, 0.2) is 5.69 Å². The van der Waals surface area contributed by atoms with Gasteiger partial charge in [-0.25, -0.2) is 4.79 Å². The number of hydrogen-bond donors (Lipinski definition) is 2. The molecule has 3 N–H and O–H groups in total. The monoisotopic (exact) mass is 494 g/mol. The van der Waals surface area contributed by atoms with Crippen LogP contribution in [-0.4, -0.2) is 42.3 Å². The van der Waals surface area contributed by atoms with Crippen molar-refractivity contribution in [2.75, 3.05) is 37.5 Å². The Balaban J connectivity index is 1.80. The average molecular weight is 495 g/mol. The van der Waals surface area contributed by atoms with Crippen LogP contribution < -0.4 is 26.6 Å². The fourth-order valence-electron chi connectivity index (χ4n) is 3.75. The number of methoxy groups -OCH3 is 1. The second kappa shape index (κ2) is 11.7. The van der Waals surface area contributed by atoms with Gasteiger partial charge in [0.1, 0.15) is 11.6 Å². The number of amides is 1. The van der Waals surface area contributed by atoms with Crippen molar-refractivity contribution >= 4 is 17.4 Å². The molecule has 0 bridgehead atoms. The SMILES string of the molecule is COCCN(C(=O)CCOc1ccc(C(C)(C)C)cc1)c1c(N)n(Cc2ccccc2)c(=O)[nH]c1=O. The lowest BCUT2D eigenvalue weighted by atomic mass is 9.87. The molecule has 1 heterocycles. The number of hydrogen-bond acceptors (Lipinski definition) is 6. The van der Waals surface area contributed by atoms with Gasteiger partial charge < -0.3 is 20.1 Å². The van der Waals surface area contributed by atoms with Crippen molar-refractivity contribution in [1.82, 2.24) is 9.55 Å². The summed E-state index contributed by atoms with van der Waals surface area (Å²) in [6.07, 6.45) is 0.00142. The van der Waals surface area contributed by atoms with E-state index in [-0.39, 0.29) is 55.6 Å². The van der Waals surface area contributed by atoms with Gasteiger partial charge in [0.25, 0.3) is 5.56 Å². The fourth-order valence-corrected chi connectivity index (χ4v) is 3.75. The third-order valence-corrected chi connectivity index (χ3v) is 5.79. The topological polar surface area (TPSA) is 120 Å². The molecule has 1 aromatic heterocycles. The molecule has 0 radical (unpaired) electrons. The van der Waals surface area contributed by atoms with Gasteiger partial charge in [0.2, 0.25) is 5.91 Å². The summed E-state index contributed by atoms with van der Waals surface area (Å²) >= 11 is 0. The van der Waals surface area contributed by atoms with E-state index in [0.29, 0.717) is 5.75 Å². The van der Waals surface area contributed by atoms with E-state index in [2.05, 4.69) is 25.8 Å². The molecule has 9 nitrogen and oxygen atoms in total. The number of aromatic nitrogens is 2. The normalized spacial score (nSPS) is 11.3. The van der Waals surface area contributed by atoms with E-state index in [1.54, 1.807) is 0 Å². The molecule has 0 fully saturated rings. The lowest BCUT2D eigenvalue weighted by Gasteiger charge is -2.24. The van der Waals surface area contributed by atoms with Crippen molar-refractivity contribution in [3.05, 3.63) is 86.6 Å². The predicted molar refractivity (Wildman–Crippen MR) is 141 cm³/mol. The quantitative estimate of drug-likeness (QED) is 0.447. The molecule has 0 saturated heterocycles. The summed E-state index contributed by atoms with van der Waals surface area (Å²) in [6.45, 7) is 6.92. The fraction of sp³-hybridized carbons (Fsp3) is 0.370. The molecule has 192 valence electrons. The molecular weight excluding hydrogens is 460 g/mol. The Morgan fingerprint density at radius 3 is 2.31 bits per heavy atom. The van der Waals surface area contributed by atoms with E-state index in [1.807, 2.05) is 54.6 Å². The van der Waals surface area contributed by atoms with Gasteiger partial charge >= 0.3 is 5.69 Å². The van der Waals surface area contributed by atoms with E-state index < -0.39 is 11.2 Å². The van der Waals surface area contributed by atoms with E-state index >= 15 is 0 Å². The number of nitrogens with zero attached hydrogens (tertiary/aromatic N) is 2. The van der Waals surface area contributed by atoms with Crippen molar-refractivity contribution in [2.45, 2.75) is 39.2 Å². The van der Waals surface area contributed by atoms with Crippen LogP contribution in [-0.2, 0) is 21.5 Å². The number of carbonyl (C=O) groups is 1. The van der Waals surface area contributed by atoms with Gasteiger partial charge in [0, 0.05) is 13.7 Å². The number of carbonyl (C=O) groups excluding carboxylic acids is 1. The number of nitrogens with one attached hydrogen (secondary N) is 1. The highest BCUT2D eigenvalue weighted by molar-refractivity contribution is 5.95. The van der Waals surface area contributed by atoms with Crippen molar-refractivity contribution in [1.29, 1.82) is 0 Å². The lowest BCUT2D eigenvalue weighted by molar-refractivity contribution is -0.119. The summed E-state index contributed by atoms with van der Waals surface area (Å²) in [4.78, 5) is 42.0. The minimum Gasteiger partial charge on any atom is -0.493 e. The van der Waals surface area contributed by atoms with Gasteiger partial charge in [-0.1, -0.05) is 63.2 Å². The van der Waals surface area contributed by atoms with Crippen LogP contribution in [0.1, 0.15) is 38.3 Å². The lowest BCUT2D eigenvalue weighted by Crippen LogP contribution is -2.43. The summed E-state index contributed by atoms with van der Waals surface area (Å²) in [5, 5.41) is 0. The third-order valence-electron chi connectivity index (χ3n) is 5.79. The zero-order valence-electron chi connectivity index (χ0n) is 21.2. The van der Waals surface area contributed by atoms with Crippen LogP contribution in [0.2, 0.25) is 0 Å². The van der Waals surface area contributed by atoms with E-state index in [0.717, 1.165) is 5.56 Å². The second-order valence-corrected chi connectivity index (χ2v) is 9.48. The number of nitrogen functional groups attached to an aromatic ring is 1. The number of ether oxygens (including phenoxy) is 2. The molecule has 2 aromatic carbocycles. The van der Waals surface area contributed by atoms with Crippen molar-refractivity contribution in [3.8, 4) is 5.75 Å². The number of anilines is 2. The molecule has 0 aliphatic heterocycles. The summed E-state index contributed by atoms with van der Waals surface area (Å²) in [6, 6.07) is 17.0. The van der Waals surface area contributed by atoms with Gasteiger partial charge in [-0.3, -0.25) is 19.1 Å². The smallest absolute Gasteiger partial charge is 0.330 e. The number of rotatable bonds is 10. The first-order valence-corrected chi connectivity index (χ1v) is 11.8. The van der Waals surface area contributed by atoms with Crippen LogP contribution in [0.15, 0.2) is 64.2 Å². The Kier molecular flexibility index (Phi) is 8.71. The molecule has 36 heavy (non-hydrogen) atoms. The summed E-state index contributed by atoms with van der Waals surface area (Å²) in [7, 11) is 1.50. The number of nitrogens with two attached hydrogens (primary N) is 1. The van der Waals surface area contributed by atoms with Gasteiger partial charge in [-0.15, -0.1) is 0 Å². The number of aromatic amines is 1. The Labute approximate surface area is 210 Å². The van der Waals surface area contributed by atoms with Crippen molar-refractivity contribution in [2.24, 2.45) is 0 Å². The van der Waals surface area contributed by atoms with E-state index in [9.17, 15) is 14.4 Å². The molecule has 0 spiro atoms. The predicted octanol–water partition coefficient (Wildman–Crippen LogP) is 2.91. The maximum Gasteiger partial charge on any atom is 0.330 e. The van der Waals surface area contributed by atoms with Gasteiger partial charge in [-0.2, -0.15) is 0 Å². The maximum atomic E-state index is 13.2. The number of benzene rings is 2. The molecular formula is C27H34N4O5. The van der Waals surface area contributed by atoms with Crippen molar-refractivity contribution < 1.29 is 14.3 Å². The minimum absolute atomic E-state index is 0.00142. The maximum absolute atomic E-state index is 13.2. The van der Waals surface area contributed by atoms with E-state index in [4.69, 9.17) is 15.2 Å². The summed E-state index contributed by atoms with van der Waals surface area (Å²) in [5.74, 6) is 0.184. The van der Waals surface area contributed by atoms with Gasteiger partial charge in [-0.05, 0) is 28.7 Å². The highest BCUT2D eigenvalue weighted by atomic mass is 16.5. The highest BCUT2D eigenvalue weighted by Crippen LogP contribution is 2.24. The molecule has 0 unspecified atom stereocenters. The second-order valence-electron chi connectivity index (χ2n) is 9.48. The van der Waals surface area contributed by atoms with Crippen molar-refractivity contribution in [3.63, 3.8) is 0 Å².